The molecular formula is C29H35Cl2N7O5. The van der Waals surface area contributed by atoms with Crippen LogP contribution in [0.2, 0.25) is 10.0 Å². The fraction of sp³-hybridized carbons (Fsp3) is 0.345. The second-order valence-electron chi connectivity index (χ2n) is 9.45. The van der Waals surface area contributed by atoms with Crippen LogP contribution in [0.4, 0.5) is 11.6 Å². The molecule has 0 aliphatic rings. The Labute approximate surface area is 259 Å². The van der Waals surface area contributed by atoms with E-state index in [-0.39, 0.29) is 48.1 Å². The van der Waals surface area contributed by atoms with Gasteiger partial charge in [0.2, 0.25) is 5.95 Å². The molecular weight excluding hydrogens is 597 g/mol. The van der Waals surface area contributed by atoms with Gasteiger partial charge in [-0.15, -0.1) is 4.73 Å². The molecule has 0 bridgehead atoms. The van der Waals surface area contributed by atoms with E-state index in [0.717, 1.165) is 11.2 Å². The lowest BCUT2D eigenvalue weighted by atomic mass is 10.1. The second kappa shape index (κ2) is 15.4. The summed E-state index contributed by atoms with van der Waals surface area (Å²) >= 11 is 12.7. The van der Waals surface area contributed by atoms with Crippen molar-refractivity contribution in [3.63, 3.8) is 0 Å². The molecule has 14 heteroatoms. The number of pyridine rings is 1. The van der Waals surface area contributed by atoms with Gasteiger partial charge >= 0.3 is 5.97 Å². The van der Waals surface area contributed by atoms with E-state index in [2.05, 4.69) is 26.3 Å². The van der Waals surface area contributed by atoms with E-state index in [0.29, 0.717) is 38.8 Å². The summed E-state index contributed by atoms with van der Waals surface area (Å²) < 4.78 is 7.86. The summed E-state index contributed by atoms with van der Waals surface area (Å²) in [7, 11) is 4.57. The van der Waals surface area contributed by atoms with Crippen LogP contribution in [-0.4, -0.2) is 58.5 Å². The molecule has 3 heterocycles. The van der Waals surface area contributed by atoms with Gasteiger partial charge in [-0.1, -0.05) is 49.5 Å². The molecule has 0 radical (unpaired) electrons. The quantitative estimate of drug-likeness (QED) is 0.163. The van der Waals surface area contributed by atoms with Crippen molar-refractivity contribution >= 4 is 57.7 Å². The Hall–Kier alpha value is -4.13. The van der Waals surface area contributed by atoms with Crippen LogP contribution in [0.5, 0.6) is 0 Å². The summed E-state index contributed by atoms with van der Waals surface area (Å²) in [5.41, 5.74) is 5.76. The summed E-state index contributed by atoms with van der Waals surface area (Å²) in [4.78, 5) is 52.0. The number of nitrogens with one attached hydrogen (secondary N) is 2. The van der Waals surface area contributed by atoms with Gasteiger partial charge in [0.1, 0.15) is 19.4 Å². The van der Waals surface area contributed by atoms with Crippen LogP contribution >= 0.6 is 23.2 Å². The lowest BCUT2D eigenvalue weighted by molar-refractivity contribution is -0.144. The summed E-state index contributed by atoms with van der Waals surface area (Å²) in [5, 5.41) is 6.95. The predicted molar refractivity (Wildman–Crippen MR) is 168 cm³/mol. The molecule has 230 valence electrons. The molecule has 0 aliphatic carbocycles. The molecule has 0 aliphatic heterocycles. The van der Waals surface area contributed by atoms with E-state index >= 15 is 0 Å². The maximum absolute atomic E-state index is 13.3. The molecule has 1 atom stereocenters. The van der Waals surface area contributed by atoms with Crippen LogP contribution in [0.25, 0.3) is 22.2 Å². The van der Waals surface area contributed by atoms with Gasteiger partial charge in [0.05, 0.1) is 27.8 Å². The Morgan fingerprint density at radius 3 is 2.51 bits per heavy atom. The standard InChI is InChI=1S/C28H30Cl2N6O5.CH5N/c1-5-16(2)11-23(37)41-10-9-31-26(38)22-13-18(15-35(22)3)33-28-32-14-17-12-19(24-20(29)7-6-8-21(24)30)27(39)36(40-4)25(17)34-28;1-2/h6-8,12-16H,5,9-11H2,1-4H3,(H,31,38)(H,32,33,34);2H2,1H3. The first-order chi connectivity index (χ1) is 20.6. The van der Waals surface area contributed by atoms with Crippen molar-refractivity contribution in [3.8, 4) is 11.1 Å². The van der Waals surface area contributed by atoms with Gasteiger partial charge in [0.15, 0.2) is 5.65 Å². The molecule has 12 nitrogen and oxygen atoms in total. The van der Waals surface area contributed by atoms with Gasteiger partial charge in [-0.05, 0) is 37.2 Å². The zero-order chi connectivity index (χ0) is 31.7. The topological polar surface area (TPSA) is 155 Å². The number of hydrogen-bond acceptors (Lipinski definition) is 9. The summed E-state index contributed by atoms with van der Waals surface area (Å²) in [6.45, 7) is 4.27. The number of nitrogens with zero attached hydrogens (tertiary/aromatic N) is 4. The molecule has 43 heavy (non-hydrogen) atoms. The fourth-order valence-electron chi connectivity index (χ4n) is 4.13. The lowest BCUT2D eigenvalue weighted by Crippen LogP contribution is -2.29. The minimum absolute atomic E-state index is 0.0903. The van der Waals surface area contributed by atoms with E-state index in [1.165, 1.54) is 20.4 Å². The maximum atomic E-state index is 13.3. The van der Waals surface area contributed by atoms with E-state index in [4.69, 9.17) is 32.8 Å². The minimum atomic E-state index is -0.496. The van der Waals surface area contributed by atoms with Crippen LogP contribution in [0.3, 0.4) is 0 Å². The van der Waals surface area contributed by atoms with Crippen molar-refractivity contribution in [1.82, 2.24) is 24.6 Å². The van der Waals surface area contributed by atoms with Crippen molar-refractivity contribution in [3.05, 3.63) is 68.8 Å². The molecule has 1 unspecified atom stereocenters. The average molecular weight is 633 g/mol. The van der Waals surface area contributed by atoms with Crippen LogP contribution in [0, 0.1) is 5.92 Å². The third-order valence-electron chi connectivity index (χ3n) is 6.47. The SMILES string of the molecule is CCC(C)CC(=O)OCCNC(=O)c1cc(Nc2ncc3cc(-c4c(Cl)cccc4Cl)c(=O)n(OC)c3n2)cn1C.CN. The zero-order valence-corrected chi connectivity index (χ0v) is 26.1. The highest BCUT2D eigenvalue weighted by Crippen LogP contribution is 2.33. The number of amides is 1. The number of anilines is 2. The molecule has 4 rings (SSSR count). The third-order valence-corrected chi connectivity index (χ3v) is 7.10. The van der Waals surface area contributed by atoms with Gasteiger partial charge in [0, 0.05) is 36.8 Å². The highest BCUT2D eigenvalue weighted by atomic mass is 35.5. The number of halogens is 2. The first-order valence-electron chi connectivity index (χ1n) is 13.5. The van der Waals surface area contributed by atoms with Crippen molar-refractivity contribution in [2.45, 2.75) is 26.7 Å². The Kier molecular flexibility index (Phi) is 11.9. The normalized spacial score (nSPS) is 11.3. The smallest absolute Gasteiger partial charge is 0.306 e. The minimum Gasteiger partial charge on any atom is -0.464 e. The highest BCUT2D eigenvalue weighted by Gasteiger charge is 2.19. The molecule has 0 saturated heterocycles. The van der Waals surface area contributed by atoms with Crippen LogP contribution < -0.4 is 26.8 Å². The summed E-state index contributed by atoms with van der Waals surface area (Å²) in [6, 6.07) is 8.22. The largest absolute Gasteiger partial charge is 0.464 e. The number of esters is 1. The van der Waals surface area contributed by atoms with Crippen molar-refractivity contribution in [2.24, 2.45) is 18.7 Å². The van der Waals surface area contributed by atoms with Crippen LogP contribution in [0.15, 0.2) is 47.5 Å². The molecule has 0 fully saturated rings. The zero-order valence-electron chi connectivity index (χ0n) is 24.6. The number of carbonyl (C=O) groups is 2. The van der Waals surface area contributed by atoms with E-state index < -0.39 is 5.56 Å². The monoisotopic (exact) mass is 631 g/mol. The maximum Gasteiger partial charge on any atom is 0.306 e. The Balaban J connectivity index is 0.00000248. The number of carbonyl (C=O) groups excluding carboxylic acids is 2. The molecule has 4 N–H and O–H groups in total. The van der Waals surface area contributed by atoms with Crippen LogP contribution in [0.1, 0.15) is 37.2 Å². The summed E-state index contributed by atoms with van der Waals surface area (Å²) in [6.07, 6.45) is 4.48. The van der Waals surface area contributed by atoms with Gasteiger partial charge in [0.25, 0.3) is 11.5 Å². The van der Waals surface area contributed by atoms with E-state index in [1.54, 1.807) is 48.1 Å². The Morgan fingerprint density at radius 1 is 1.16 bits per heavy atom. The molecule has 1 amide bonds. The number of fused-ring (bicyclic) bond motifs is 1. The number of hydrogen-bond donors (Lipinski definition) is 3. The highest BCUT2D eigenvalue weighted by molar-refractivity contribution is 6.39. The molecule has 1 aromatic carbocycles. The first kappa shape index (κ1) is 33.4. The van der Waals surface area contributed by atoms with Crippen LogP contribution in [-0.2, 0) is 16.6 Å². The number of aryl methyl sites for hydroxylation is 1. The molecule has 3 aromatic heterocycles. The molecule has 0 saturated carbocycles. The Bertz CT molecular complexity index is 1630. The van der Waals surface area contributed by atoms with Crippen molar-refractivity contribution in [2.75, 3.05) is 32.6 Å². The predicted octanol–water partition coefficient (Wildman–Crippen LogP) is 4.19. The van der Waals surface area contributed by atoms with Crippen molar-refractivity contribution < 1.29 is 19.2 Å². The van der Waals surface area contributed by atoms with Gasteiger partial charge in [-0.2, -0.15) is 4.98 Å². The molecule has 0 spiro atoms. The number of aromatic nitrogens is 4. The summed E-state index contributed by atoms with van der Waals surface area (Å²) in [5.74, 6) is -0.184. The number of benzene rings is 1. The fourth-order valence-corrected chi connectivity index (χ4v) is 4.73. The molecule has 4 aromatic rings. The van der Waals surface area contributed by atoms with Gasteiger partial charge in [-0.25, -0.2) is 4.98 Å². The van der Waals surface area contributed by atoms with Crippen molar-refractivity contribution in [1.29, 1.82) is 0 Å². The first-order valence-corrected chi connectivity index (χ1v) is 14.2. The number of ether oxygens (including phenoxy) is 1. The second-order valence-corrected chi connectivity index (χ2v) is 10.3. The third kappa shape index (κ3) is 8.04. The number of rotatable bonds is 11. The van der Waals surface area contributed by atoms with E-state index in [1.807, 2.05) is 13.8 Å². The van der Waals surface area contributed by atoms with E-state index in [9.17, 15) is 14.4 Å². The number of nitrogens with two attached hydrogens (primary N) is 1. The average Bonchev–Trinajstić information content (AvgIpc) is 3.36. The lowest BCUT2D eigenvalue weighted by Gasteiger charge is -2.13. The van der Waals surface area contributed by atoms with Gasteiger partial charge < -0.3 is 30.5 Å². The van der Waals surface area contributed by atoms with Gasteiger partial charge in [-0.3, -0.25) is 14.4 Å². The Morgan fingerprint density at radius 2 is 1.86 bits per heavy atom.